The summed E-state index contributed by atoms with van der Waals surface area (Å²) in [4.78, 5) is 37.8. The van der Waals surface area contributed by atoms with Gasteiger partial charge in [0.25, 0.3) is 5.91 Å². The van der Waals surface area contributed by atoms with Gasteiger partial charge in [-0.3, -0.25) is 4.79 Å². The summed E-state index contributed by atoms with van der Waals surface area (Å²) in [7, 11) is 0. The second-order valence-corrected chi connectivity index (χ2v) is 4.15. The van der Waals surface area contributed by atoms with E-state index in [0.29, 0.717) is 6.42 Å². The fourth-order valence-corrected chi connectivity index (χ4v) is 1.38. The van der Waals surface area contributed by atoms with E-state index < -0.39 is 23.6 Å². The SMILES string of the molecule is CC(C)C[C@@H](NC(=O)c1c[nH]c(=O)[nH]1)C(=O)O. The van der Waals surface area contributed by atoms with Gasteiger partial charge in [0.05, 0.1) is 0 Å². The lowest BCUT2D eigenvalue weighted by atomic mass is 10.0. The fourth-order valence-electron chi connectivity index (χ4n) is 1.38. The smallest absolute Gasteiger partial charge is 0.326 e. The Bertz CT molecular complexity index is 460. The van der Waals surface area contributed by atoms with Crippen molar-refractivity contribution in [3.05, 3.63) is 22.4 Å². The van der Waals surface area contributed by atoms with E-state index >= 15 is 0 Å². The van der Waals surface area contributed by atoms with E-state index in [1.807, 2.05) is 13.8 Å². The molecular formula is C10H15N3O4. The van der Waals surface area contributed by atoms with Gasteiger partial charge in [-0.15, -0.1) is 0 Å². The zero-order valence-electron chi connectivity index (χ0n) is 9.61. The molecule has 0 spiro atoms. The number of amides is 1. The Hall–Kier alpha value is -2.05. The van der Waals surface area contributed by atoms with Gasteiger partial charge >= 0.3 is 11.7 Å². The number of nitrogens with one attached hydrogen (secondary N) is 3. The Morgan fingerprint density at radius 3 is 2.53 bits per heavy atom. The molecule has 0 aliphatic rings. The summed E-state index contributed by atoms with van der Waals surface area (Å²) in [5, 5.41) is 11.3. The van der Waals surface area contributed by atoms with Gasteiger partial charge in [0.15, 0.2) is 0 Å². The van der Waals surface area contributed by atoms with E-state index in [1.54, 1.807) is 0 Å². The number of carboxylic acids is 1. The molecule has 1 amide bonds. The van der Waals surface area contributed by atoms with E-state index in [1.165, 1.54) is 6.20 Å². The summed E-state index contributed by atoms with van der Waals surface area (Å²) >= 11 is 0. The van der Waals surface area contributed by atoms with Crippen LogP contribution in [0.25, 0.3) is 0 Å². The predicted octanol–water partition coefficient (Wildman–Crippen LogP) is -0.0679. The van der Waals surface area contributed by atoms with Crippen molar-refractivity contribution in [2.24, 2.45) is 5.92 Å². The number of hydrogen-bond acceptors (Lipinski definition) is 3. The van der Waals surface area contributed by atoms with Gasteiger partial charge in [-0.05, 0) is 12.3 Å². The van der Waals surface area contributed by atoms with Crippen molar-refractivity contribution in [2.75, 3.05) is 0 Å². The molecule has 1 rings (SSSR count). The van der Waals surface area contributed by atoms with Crippen molar-refractivity contribution in [3.63, 3.8) is 0 Å². The second kappa shape index (κ2) is 5.33. The number of carbonyl (C=O) groups excluding carboxylic acids is 1. The second-order valence-electron chi connectivity index (χ2n) is 4.15. The largest absolute Gasteiger partial charge is 0.480 e. The average Bonchev–Trinajstić information content (AvgIpc) is 2.63. The van der Waals surface area contributed by atoms with Gasteiger partial charge < -0.3 is 20.4 Å². The molecule has 0 aliphatic heterocycles. The highest BCUT2D eigenvalue weighted by Gasteiger charge is 2.22. The van der Waals surface area contributed by atoms with Gasteiger partial charge in [-0.25, -0.2) is 9.59 Å². The molecule has 0 radical (unpaired) electrons. The number of aromatic amines is 2. The Labute approximate surface area is 97.2 Å². The number of rotatable bonds is 5. The lowest BCUT2D eigenvalue weighted by Gasteiger charge is -2.15. The van der Waals surface area contributed by atoms with Crippen LogP contribution in [0.4, 0.5) is 0 Å². The molecule has 1 aromatic heterocycles. The molecule has 0 saturated carbocycles. The van der Waals surface area contributed by atoms with Crippen LogP contribution in [-0.4, -0.2) is 33.0 Å². The number of carboxylic acid groups (broad SMARTS) is 1. The maximum atomic E-state index is 11.6. The molecule has 94 valence electrons. The van der Waals surface area contributed by atoms with E-state index in [4.69, 9.17) is 5.11 Å². The summed E-state index contributed by atoms with van der Waals surface area (Å²) < 4.78 is 0. The first-order valence-electron chi connectivity index (χ1n) is 5.21. The van der Waals surface area contributed by atoms with Crippen molar-refractivity contribution in [3.8, 4) is 0 Å². The number of imidazole rings is 1. The van der Waals surface area contributed by atoms with Crippen LogP contribution >= 0.6 is 0 Å². The van der Waals surface area contributed by atoms with Gasteiger partial charge in [-0.1, -0.05) is 13.8 Å². The summed E-state index contributed by atoms with van der Waals surface area (Å²) in [6.07, 6.45) is 1.53. The maximum absolute atomic E-state index is 11.6. The van der Waals surface area contributed by atoms with Crippen molar-refractivity contribution in [2.45, 2.75) is 26.3 Å². The quantitative estimate of drug-likeness (QED) is 0.577. The zero-order chi connectivity index (χ0) is 13.0. The molecule has 4 N–H and O–H groups in total. The Morgan fingerprint density at radius 1 is 1.47 bits per heavy atom. The molecule has 0 aromatic carbocycles. The van der Waals surface area contributed by atoms with Crippen LogP contribution in [0.5, 0.6) is 0 Å². The minimum Gasteiger partial charge on any atom is -0.480 e. The fraction of sp³-hybridized carbons (Fsp3) is 0.500. The first-order chi connectivity index (χ1) is 7.90. The highest BCUT2D eigenvalue weighted by Crippen LogP contribution is 2.05. The predicted molar refractivity (Wildman–Crippen MR) is 59.8 cm³/mol. The number of hydrogen-bond donors (Lipinski definition) is 4. The average molecular weight is 241 g/mol. The number of aromatic nitrogens is 2. The monoisotopic (exact) mass is 241 g/mol. The van der Waals surface area contributed by atoms with E-state index in [0.717, 1.165) is 0 Å². The molecule has 1 aromatic rings. The third kappa shape index (κ3) is 3.78. The minimum absolute atomic E-state index is 0.0185. The Morgan fingerprint density at radius 2 is 2.12 bits per heavy atom. The van der Waals surface area contributed by atoms with Crippen molar-refractivity contribution < 1.29 is 14.7 Å². The molecule has 0 bridgehead atoms. The van der Waals surface area contributed by atoms with Gasteiger partial charge in [0.1, 0.15) is 11.7 Å². The molecule has 7 heteroatoms. The third-order valence-corrected chi connectivity index (χ3v) is 2.15. The molecule has 0 fully saturated rings. The highest BCUT2D eigenvalue weighted by molar-refractivity contribution is 5.94. The van der Waals surface area contributed by atoms with Crippen molar-refractivity contribution in [1.82, 2.24) is 15.3 Å². The van der Waals surface area contributed by atoms with Crippen LogP contribution in [-0.2, 0) is 4.79 Å². The topological polar surface area (TPSA) is 115 Å². The van der Waals surface area contributed by atoms with Crippen LogP contribution in [0.2, 0.25) is 0 Å². The number of aliphatic carboxylic acids is 1. The van der Waals surface area contributed by atoms with Gasteiger partial charge in [-0.2, -0.15) is 0 Å². The molecule has 0 aliphatic carbocycles. The summed E-state index contributed by atoms with van der Waals surface area (Å²) in [5.74, 6) is -1.57. The lowest BCUT2D eigenvalue weighted by Crippen LogP contribution is -2.41. The molecule has 17 heavy (non-hydrogen) atoms. The maximum Gasteiger partial charge on any atom is 0.326 e. The molecule has 1 heterocycles. The van der Waals surface area contributed by atoms with Crippen molar-refractivity contribution in [1.29, 1.82) is 0 Å². The lowest BCUT2D eigenvalue weighted by molar-refractivity contribution is -0.139. The first-order valence-corrected chi connectivity index (χ1v) is 5.21. The van der Waals surface area contributed by atoms with Crippen LogP contribution < -0.4 is 11.0 Å². The van der Waals surface area contributed by atoms with Crippen LogP contribution in [0.15, 0.2) is 11.0 Å². The Kier molecular flexibility index (Phi) is 4.08. The van der Waals surface area contributed by atoms with E-state index in [9.17, 15) is 14.4 Å². The molecule has 0 unspecified atom stereocenters. The Balaban J connectivity index is 2.70. The number of carbonyl (C=O) groups is 2. The summed E-state index contributed by atoms with van der Waals surface area (Å²) in [5.41, 5.74) is -0.490. The van der Waals surface area contributed by atoms with Gasteiger partial charge in [0, 0.05) is 6.20 Å². The van der Waals surface area contributed by atoms with Crippen LogP contribution in [0.3, 0.4) is 0 Å². The molecular weight excluding hydrogens is 226 g/mol. The van der Waals surface area contributed by atoms with Crippen LogP contribution in [0.1, 0.15) is 30.8 Å². The van der Waals surface area contributed by atoms with Crippen LogP contribution in [0, 0.1) is 5.92 Å². The van der Waals surface area contributed by atoms with Crippen molar-refractivity contribution >= 4 is 11.9 Å². The minimum atomic E-state index is -1.09. The highest BCUT2D eigenvalue weighted by atomic mass is 16.4. The van der Waals surface area contributed by atoms with E-state index in [2.05, 4.69) is 15.3 Å². The third-order valence-electron chi connectivity index (χ3n) is 2.15. The standard InChI is InChI=1S/C10H15N3O4/c1-5(2)3-6(9(15)16)12-8(14)7-4-11-10(17)13-7/h4-6H,3H2,1-2H3,(H,12,14)(H,15,16)(H2,11,13,17)/t6-/m1/s1. The summed E-state index contributed by atoms with van der Waals surface area (Å²) in [6.45, 7) is 3.72. The first kappa shape index (κ1) is 13.0. The van der Waals surface area contributed by atoms with E-state index in [-0.39, 0.29) is 11.6 Å². The zero-order valence-corrected chi connectivity index (χ0v) is 9.61. The number of H-pyrrole nitrogens is 2. The molecule has 0 saturated heterocycles. The van der Waals surface area contributed by atoms with Gasteiger partial charge in [0.2, 0.25) is 0 Å². The molecule has 1 atom stereocenters. The summed E-state index contributed by atoms with van der Waals surface area (Å²) in [6, 6.07) is -0.957. The normalized spacial score (nSPS) is 12.4. The molecule has 7 nitrogen and oxygen atoms in total.